The minimum absolute atomic E-state index is 0.593. The molecule has 0 heterocycles. The van der Waals surface area contributed by atoms with E-state index in [2.05, 4.69) is 19.0 Å². The van der Waals surface area contributed by atoms with Gasteiger partial charge in [-0.3, -0.25) is 4.84 Å². The summed E-state index contributed by atoms with van der Waals surface area (Å²) in [5.41, 5.74) is 2.98. The first kappa shape index (κ1) is 7.76. The van der Waals surface area contributed by atoms with Crippen LogP contribution < -0.4 is 5.48 Å². The summed E-state index contributed by atoms with van der Waals surface area (Å²) in [5.74, 6) is 0.879. The first-order chi connectivity index (χ1) is 4.83. The van der Waals surface area contributed by atoms with Crippen molar-refractivity contribution >= 4 is 0 Å². The Kier molecular flexibility index (Phi) is 2.90. The molecular weight excluding hydrogens is 126 g/mol. The third-order valence-corrected chi connectivity index (χ3v) is 1.82. The fraction of sp³-hybridized carbons (Fsp3) is 0.750. The number of rotatable bonds is 4. The van der Waals surface area contributed by atoms with E-state index in [4.69, 9.17) is 4.84 Å². The topological polar surface area (TPSA) is 21.3 Å². The van der Waals surface area contributed by atoms with Gasteiger partial charge in [0.25, 0.3) is 0 Å². The molecule has 0 bridgehead atoms. The quantitative estimate of drug-likeness (QED) is 0.364. The monoisotopic (exact) mass is 141 g/mol. The van der Waals surface area contributed by atoms with Crippen LogP contribution in [0.5, 0.6) is 0 Å². The minimum atomic E-state index is 0.593. The van der Waals surface area contributed by atoms with Gasteiger partial charge in [-0.1, -0.05) is 13.0 Å². The predicted octanol–water partition coefficient (Wildman–Crippen LogP) is 1.49. The molecule has 0 aromatic rings. The van der Waals surface area contributed by atoms with Crippen LogP contribution in [0.4, 0.5) is 0 Å². The van der Waals surface area contributed by atoms with Gasteiger partial charge in [0.15, 0.2) is 0 Å². The average Bonchev–Trinajstić information content (AvgIpc) is 1.85. The van der Waals surface area contributed by atoms with Crippen molar-refractivity contribution in [2.24, 2.45) is 5.92 Å². The fourth-order valence-corrected chi connectivity index (χ4v) is 1.22. The van der Waals surface area contributed by atoms with Crippen molar-refractivity contribution in [1.82, 2.24) is 5.48 Å². The lowest BCUT2D eigenvalue weighted by Gasteiger charge is -2.32. The van der Waals surface area contributed by atoms with Crippen LogP contribution in [-0.4, -0.2) is 12.6 Å². The summed E-state index contributed by atoms with van der Waals surface area (Å²) >= 11 is 0. The Labute approximate surface area is 62.2 Å². The van der Waals surface area contributed by atoms with Gasteiger partial charge in [-0.05, 0) is 18.8 Å². The second-order valence-corrected chi connectivity index (χ2v) is 2.99. The van der Waals surface area contributed by atoms with E-state index in [-0.39, 0.29) is 0 Å². The van der Waals surface area contributed by atoms with Gasteiger partial charge in [-0.15, -0.1) is 6.58 Å². The van der Waals surface area contributed by atoms with Crippen LogP contribution in [0.3, 0.4) is 0 Å². The van der Waals surface area contributed by atoms with Crippen LogP contribution in [-0.2, 0) is 4.84 Å². The van der Waals surface area contributed by atoms with Crippen LogP contribution >= 0.6 is 0 Å². The molecule has 1 saturated carbocycles. The second-order valence-electron chi connectivity index (χ2n) is 2.99. The van der Waals surface area contributed by atoms with Crippen molar-refractivity contribution < 1.29 is 4.84 Å². The molecule has 1 aliphatic rings. The van der Waals surface area contributed by atoms with Crippen molar-refractivity contribution in [2.75, 3.05) is 6.61 Å². The van der Waals surface area contributed by atoms with Gasteiger partial charge >= 0.3 is 0 Å². The molecule has 2 heteroatoms. The van der Waals surface area contributed by atoms with E-state index in [0.717, 1.165) is 5.92 Å². The van der Waals surface area contributed by atoms with Crippen molar-refractivity contribution in [3.63, 3.8) is 0 Å². The highest BCUT2D eigenvalue weighted by Crippen LogP contribution is 2.25. The lowest BCUT2D eigenvalue weighted by atomic mass is 9.82. The lowest BCUT2D eigenvalue weighted by molar-refractivity contribution is -0.00107. The smallest absolute Gasteiger partial charge is 0.0861 e. The van der Waals surface area contributed by atoms with Gasteiger partial charge in [0.05, 0.1) is 6.61 Å². The molecular formula is C8H15NO. The summed E-state index contributed by atoms with van der Waals surface area (Å²) < 4.78 is 0. The molecule has 0 aliphatic heterocycles. The Morgan fingerprint density at radius 3 is 2.90 bits per heavy atom. The van der Waals surface area contributed by atoms with E-state index in [9.17, 15) is 0 Å². The molecule has 10 heavy (non-hydrogen) atoms. The molecule has 0 radical (unpaired) electrons. The standard InChI is InChI=1S/C8H15NO/c1-3-4-10-9-8-5-7(2)6-8/h3,7-9H,1,4-6H2,2H3. The highest BCUT2D eigenvalue weighted by atomic mass is 16.6. The predicted molar refractivity (Wildman–Crippen MR) is 41.5 cm³/mol. The van der Waals surface area contributed by atoms with E-state index in [0.29, 0.717) is 12.6 Å². The molecule has 1 N–H and O–H groups in total. The fourth-order valence-electron chi connectivity index (χ4n) is 1.22. The molecule has 0 atom stereocenters. The number of hydrogen-bond acceptors (Lipinski definition) is 2. The summed E-state index contributed by atoms with van der Waals surface area (Å²) in [6, 6.07) is 0.593. The van der Waals surface area contributed by atoms with Gasteiger partial charge in [-0.25, -0.2) is 0 Å². The van der Waals surface area contributed by atoms with Gasteiger partial charge in [0.1, 0.15) is 0 Å². The third kappa shape index (κ3) is 2.12. The molecule has 58 valence electrons. The number of hydroxylamine groups is 1. The summed E-state index contributed by atoms with van der Waals surface area (Å²) in [6.45, 7) is 6.41. The van der Waals surface area contributed by atoms with Gasteiger partial charge < -0.3 is 0 Å². The first-order valence-corrected chi connectivity index (χ1v) is 3.81. The molecule has 1 fully saturated rings. The molecule has 0 aromatic heterocycles. The minimum Gasteiger partial charge on any atom is -0.297 e. The van der Waals surface area contributed by atoms with Crippen molar-refractivity contribution in [3.8, 4) is 0 Å². The van der Waals surface area contributed by atoms with E-state index in [1.54, 1.807) is 6.08 Å². The Bertz CT molecular complexity index is 108. The van der Waals surface area contributed by atoms with E-state index in [1.807, 2.05) is 0 Å². The summed E-state index contributed by atoms with van der Waals surface area (Å²) in [7, 11) is 0. The van der Waals surface area contributed by atoms with Crippen LogP contribution in [0, 0.1) is 5.92 Å². The zero-order valence-electron chi connectivity index (χ0n) is 6.47. The van der Waals surface area contributed by atoms with E-state index in [1.165, 1.54) is 12.8 Å². The average molecular weight is 141 g/mol. The Morgan fingerprint density at radius 2 is 2.40 bits per heavy atom. The summed E-state index contributed by atoms with van der Waals surface area (Å²) in [4.78, 5) is 5.07. The Morgan fingerprint density at radius 1 is 1.70 bits per heavy atom. The molecule has 0 saturated heterocycles. The Hall–Kier alpha value is -0.340. The Balaban J connectivity index is 1.90. The zero-order chi connectivity index (χ0) is 7.40. The van der Waals surface area contributed by atoms with Crippen molar-refractivity contribution in [1.29, 1.82) is 0 Å². The van der Waals surface area contributed by atoms with Crippen LogP contribution in [0.15, 0.2) is 12.7 Å². The van der Waals surface area contributed by atoms with Gasteiger partial charge in [-0.2, -0.15) is 5.48 Å². The van der Waals surface area contributed by atoms with Crippen molar-refractivity contribution in [2.45, 2.75) is 25.8 Å². The normalized spacial score (nSPS) is 31.3. The summed E-state index contributed by atoms with van der Waals surface area (Å²) in [6.07, 6.45) is 4.24. The molecule has 1 aliphatic carbocycles. The first-order valence-electron chi connectivity index (χ1n) is 3.81. The van der Waals surface area contributed by atoms with Gasteiger partial charge in [0.2, 0.25) is 0 Å². The summed E-state index contributed by atoms with van der Waals surface area (Å²) in [5, 5.41) is 0. The lowest BCUT2D eigenvalue weighted by Crippen LogP contribution is -2.39. The number of hydrogen-bond donors (Lipinski definition) is 1. The van der Waals surface area contributed by atoms with Crippen LogP contribution in [0.1, 0.15) is 19.8 Å². The zero-order valence-corrected chi connectivity index (χ0v) is 6.47. The maximum Gasteiger partial charge on any atom is 0.0861 e. The maximum atomic E-state index is 5.07. The van der Waals surface area contributed by atoms with Crippen LogP contribution in [0.25, 0.3) is 0 Å². The molecule has 2 nitrogen and oxygen atoms in total. The SMILES string of the molecule is C=CCONC1CC(C)C1. The van der Waals surface area contributed by atoms with Gasteiger partial charge in [0, 0.05) is 6.04 Å². The highest BCUT2D eigenvalue weighted by molar-refractivity contribution is 4.79. The molecule has 0 aromatic carbocycles. The highest BCUT2D eigenvalue weighted by Gasteiger charge is 2.24. The second kappa shape index (κ2) is 3.74. The van der Waals surface area contributed by atoms with Crippen molar-refractivity contribution in [3.05, 3.63) is 12.7 Å². The third-order valence-electron chi connectivity index (χ3n) is 1.82. The van der Waals surface area contributed by atoms with E-state index >= 15 is 0 Å². The van der Waals surface area contributed by atoms with Crippen LogP contribution in [0.2, 0.25) is 0 Å². The maximum absolute atomic E-state index is 5.07. The molecule has 1 rings (SSSR count). The van der Waals surface area contributed by atoms with E-state index < -0.39 is 0 Å². The molecule has 0 amide bonds. The molecule has 0 spiro atoms. The largest absolute Gasteiger partial charge is 0.297 e. The molecule has 0 unspecified atom stereocenters. The number of nitrogens with one attached hydrogen (secondary N) is 1.